The van der Waals surface area contributed by atoms with Gasteiger partial charge in [-0.1, -0.05) is 44.2 Å². The van der Waals surface area contributed by atoms with Crippen LogP contribution in [0.3, 0.4) is 0 Å². The first-order valence-corrected chi connectivity index (χ1v) is 9.72. The predicted molar refractivity (Wildman–Crippen MR) is 117 cm³/mol. The smallest absolute Gasteiger partial charge is 0.291 e. The molecule has 0 saturated carbocycles. The second-order valence-electron chi connectivity index (χ2n) is 6.62. The zero-order valence-corrected chi connectivity index (χ0v) is 16.7. The van der Waals surface area contributed by atoms with Gasteiger partial charge in [-0.25, -0.2) is 4.99 Å². The van der Waals surface area contributed by atoms with Gasteiger partial charge < -0.3 is 20.8 Å². The van der Waals surface area contributed by atoms with Gasteiger partial charge in [0.05, 0.1) is 12.8 Å². The predicted octanol–water partition coefficient (Wildman–Crippen LogP) is 4.58. The molecule has 6 heteroatoms. The van der Waals surface area contributed by atoms with Crippen LogP contribution in [0.15, 0.2) is 70.3 Å². The highest BCUT2D eigenvalue weighted by Crippen LogP contribution is 2.22. The van der Waals surface area contributed by atoms with Crippen LogP contribution in [0.4, 0.5) is 11.4 Å². The molecule has 2 aromatic carbocycles. The zero-order chi connectivity index (χ0) is 20.6. The number of para-hydroxylation sites is 1. The quantitative estimate of drug-likeness (QED) is 0.406. The van der Waals surface area contributed by atoms with Crippen LogP contribution in [0, 0.1) is 0 Å². The summed E-state index contributed by atoms with van der Waals surface area (Å²) < 4.78 is 5.11. The number of hydrogen-bond acceptors (Lipinski definition) is 3. The summed E-state index contributed by atoms with van der Waals surface area (Å²) in [5.74, 6) is 0.342. The molecular weight excluding hydrogens is 364 g/mol. The first-order chi connectivity index (χ1) is 14.1. The van der Waals surface area contributed by atoms with E-state index in [0.29, 0.717) is 18.2 Å². The third-order valence-corrected chi connectivity index (χ3v) is 4.61. The molecule has 0 radical (unpaired) electrons. The summed E-state index contributed by atoms with van der Waals surface area (Å²) in [6, 6.07) is 17.1. The molecular formula is C23H26N4O2. The number of furan rings is 1. The summed E-state index contributed by atoms with van der Waals surface area (Å²) in [6.45, 7) is 4.64. The molecule has 29 heavy (non-hydrogen) atoms. The van der Waals surface area contributed by atoms with Gasteiger partial charge in [0.1, 0.15) is 0 Å². The van der Waals surface area contributed by atoms with Crippen molar-refractivity contribution < 1.29 is 9.21 Å². The van der Waals surface area contributed by atoms with E-state index in [4.69, 9.17) is 10.2 Å². The third-order valence-electron chi connectivity index (χ3n) is 4.61. The van der Waals surface area contributed by atoms with E-state index in [1.54, 1.807) is 12.1 Å². The molecule has 0 bridgehead atoms. The van der Waals surface area contributed by atoms with Crippen molar-refractivity contribution in [2.45, 2.75) is 33.2 Å². The molecule has 6 nitrogen and oxygen atoms in total. The van der Waals surface area contributed by atoms with E-state index in [2.05, 4.69) is 47.7 Å². The van der Waals surface area contributed by atoms with E-state index in [1.165, 1.54) is 17.4 Å². The van der Waals surface area contributed by atoms with Crippen molar-refractivity contribution in [1.29, 1.82) is 0 Å². The molecule has 150 valence electrons. The van der Waals surface area contributed by atoms with Crippen molar-refractivity contribution >= 4 is 23.2 Å². The van der Waals surface area contributed by atoms with Crippen LogP contribution < -0.4 is 16.4 Å². The standard InChI is InChI=1S/C23H26N4O2/c1-3-17-9-6-10-18(4-2)21(17)27-23(24)25-15-16-8-5-11-19(14-16)26-22(28)20-12-7-13-29-20/h5-14H,3-4,15H2,1-2H3,(H,26,28)(H3,24,25,27). The highest BCUT2D eigenvalue weighted by Gasteiger charge is 2.09. The van der Waals surface area contributed by atoms with Crippen LogP contribution in [-0.2, 0) is 19.4 Å². The van der Waals surface area contributed by atoms with Gasteiger partial charge in [-0.15, -0.1) is 0 Å². The fourth-order valence-electron chi connectivity index (χ4n) is 3.10. The monoisotopic (exact) mass is 390 g/mol. The second-order valence-corrected chi connectivity index (χ2v) is 6.62. The summed E-state index contributed by atoms with van der Waals surface area (Å²) >= 11 is 0. The van der Waals surface area contributed by atoms with E-state index in [-0.39, 0.29) is 11.7 Å². The van der Waals surface area contributed by atoms with E-state index in [0.717, 1.165) is 24.1 Å². The Morgan fingerprint density at radius 1 is 1.00 bits per heavy atom. The number of carbonyl (C=O) groups excluding carboxylic acids is 1. The largest absolute Gasteiger partial charge is 0.459 e. The third kappa shape index (κ3) is 5.25. The second kappa shape index (κ2) is 9.59. The number of nitrogens with two attached hydrogens (primary N) is 1. The lowest BCUT2D eigenvalue weighted by Crippen LogP contribution is -2.24. The Morgan fingerprint density at radius 3 is 2.38 bits per heavy atom. The van der Waals surface area contributed by atoms with Crippen LogP contribution in [0.5, 0.6) is 0 Å². The van der Waals surface area contributed by atoms with Crippen molar-refractivity contribution in [3.63, 3.8) is 0 Å². The lowest BCUT2D eigenvalue weighted by Gasteiger charge is -2.15. The number of nitrogens with zero attached hydrogens (tertiary/aromatic N) is 1. The summed E-state index contributed by atoms with van der Waals surface area (Å²) in [7, 11) is 0. The van der Waals surface area contributed by atoms with Crippen LogP contribution in [-0.4, -0.2) is 11.9 Å². The van der Waals surface area contributed by atoms with Crippen molar-refractivity contribution in [2.24, 2.45) is 10.7 Å². The molecule has 1 heterocycles. The maximum Gasteiger partial charge on any atom is 0.291 e. The topological polar surface area (TPSA) is 92.6 Å². The molecule has 0 spiro atoms. The Balaban J connectivity index is 1.68. The summed E-state index contributed by atoms with van der Waals surface area (Å²) in [5.41, 5.74) is 11.2. The van der Waals surface area contributed by atoms with Gasteiger partial charge in [0.2, 0.25) is 0 Å². The van der Waals surface area contributed by atoms with Crippen LogP contribution in [0.2, 0.25) is 0 Å². The highest BCUT2D eigenvalue weighted by atomic mass is 16.3. The SMILES string of the molecule is CCc1cccc(CC)c1NC(N)=NCc1cccc(NC(=O)c2ccco2)c1. The van der Waals surface area contributed by atoms with Gasteiger partial charge in [0.15, 0.2) is 11.7 Å². The minimum Gasteiger partial charge on any atom is -0.459 e. The Morgan fingerprint density at radius 2 is 1.72 bits per heavy atom. The lowest BCUT2D eigenvalue weighted by atomic mass is 10.0. The fraction of sp³-hybridized carbons (Fsp3) is 0.217. The Bertz CT molecular complexity index is 972. The molecule has 0 unspecified atom stereocenters. The Labute approximate surface area is 170 Å². The molecule has 0 saturated heterocycles. The van der Waals surface area contributed by atoms with Gasteiger partial charge >= 0.3 is 0 Å². The molecule has 4 N–H and O–H groups in total. The molecule has 0 aliphatic rings. The minimum absolute atomic E-state index is 0.267. The number of carbonyl (C=O) groups is 1. The number of rotatable bonds is 7. The van der Waals surface area contributed by atoms with Gasteiger partial charge in [-0.05, 0) is 53.8 Å². The molecule has 0 aliphatic heterocycles. The first kappa shape index (κ1) is 20.2. The molecule has 3 rings (SSSR count). The maximum absolute atomic E-state index is 12.1. The van der Waals surface area contributed by atoms with Crippen molar-refractivity contribution in [3.8, 4) is 0 Å². The first-order valence-electron chi connectivity index (χ1n) is 9.72. The van der Waals surface area contributed by atoms with E-state index < -0.39 is 0 Å². The van der Waals surface area contributed by atoms with Gasteiger partial charge in [0, 0.05) is 11.4 Å². The number of anilines is 2. The minimum atomic E-state index is -0.292. The van der Waals surface area contributed by atoms with E-state index in [1.807, 2.05) is 24.3 Å². The molecule has 0 atom stereocenters. The summed E-state index contributed by atoms with van der Waals surface area (Å²) in [6.07, 6.45) is 3.30. The normalized spacial score (nSPS) is 11.3. The zero-order valence-electron chi connectivity index (χ0n) is 16.7. The van der Waals surface area contributed by atoms with Crippen LogP contribution in [0.25, 0.3) is 0 Å². The number of amides is 1. The number of nitrogens with one attached hydrogen (secondary N) is 2. The fourth-order valence-corrected chi connectivity index (χ4v) is 3.10. The molecule has 0 fully saturated rings. The highest BCUT2D eigenvalue weighted by molar-refractivity contribution is 6.02. The van der Waals surface area contributed by atoms with E-state index in [9.17, 15) is 4.79 Å². The van der Waals surface area contributed by atoms with E-state index >= 15 is 0 Å². The molecule has 1 aromatic heterocycles. The molecule has 3 aromatic rings. The Kier molecular flexibility index (Phi) is 6.68. The van der Waals surface area contributed by atoms with Crippen LogP contribution >= 0.6 is 0 Å². The summed E-state index contributed by atoms with van der Waals surface area (Å²) in [5, 5.41) is 6.08. The molecule has 1 amide bonds. The summed E-state index contributed by atoms with van der Waals surface area (Å²) in [4.78, 5) is 16.6. The lowest BCUT2D eigenvalue weighted by molar-refractivity contribution is 0.0996. The van der Waals surface area contributed by atoms with Gasteiger partial charge in [0.25, 0.3) is 5.91 Å². The number of aliphatic imine (C=N–C) groups is 1. The molecule has 0 aliphatic carbocycles. The average Bonchev–Trinajstić information content (AvgIpc) is 3.28. The Hall–Kier alpha value is -3.54. The van der Waals surface area contributed by atoms with Crippen LogP contribution in [0.1, 0.15) is 41.1 Å². The van der Waals surface area contributed by atoms with Crippen molar-refractivity contribution in [1.82, 2.24) is 0 Å². The van der Waals surface area contributed by atoms with Gasteiger partial charge in [-0.2, -0.15) is 0 Å². The number of benzene rings is 2. The average molecular weight is 390 g/mol. The van der Waals surface area contributed by atoms with Crippen molar-refractivity contribution in [3.05, 3.63) is 83.3 Å². The van der Waals surface area contributed by atoms with Crippen molar-refractivity contribution in [2.75, 3.05) is 10.6 Å². The number of aryl methyl sites for hydroxylation is 2. The maximum atomic E-state index is 12.1. The number of hydrogen-bond donors (Lipinski definition) is 3. The number of guanidine groups is 1. The van der Waals surface area contributed by atoms with Gasteiger partial charge in [-0.3, -0.25) is 4.79 Å².